The summed E-state index contributed by atoms with van der Waals surface area (Å²) < 4.78 is 28.0. The van der Waals surface area contributed by atoms with Gasteiger partial charge < -0.3 is 0 Å². The topological polar surface area (TPSA) is 37.4 Å². The highest BCUT2D eigenvalue weighted by molar-refractivity contribution is 7.89. The lowest BCUT2D eigenvalue weighted by Crippen LogP contribution is -2.43. The first kappa shape index (κ1) is 15.8. The summed E-state index contributed by atoms with van der Waals surface area (Å²) in [7, 11) is -3.49. The van der Waals surface area contributed by atoms with Gasteiger partial charge in [0.2, 0.25) is 10.0 Å². The molecular formula is C17H20ClNO2S. The molecule has 22 heavy (non-hydrogen) atoms. The minimum atomic E-state index is -3.49. The summed E-state index contributed by atoms with van der Waals surface area (Å²) in [5.74, 6) is 0.492. The van der Waals surface area contributed by atoms with Gasteiger partial charge in [-0.2, -0.15) is 4.31 Å². The van der Waals surface area contributed by atoms with Crippen molar-refractivity contribution in [2.45, 2.75) is 36.6 Å². The second kappa shape index (κ2) is 6.57. The van der Waals surface area contributed by atoms with Crippen molar-refractivity contribution in [2.75, 3.05) is 12.4 Å². The summed E-state index contributed by atoms with van der Waals surface area (Å²) in [6, 6.07) is 13.1. The summed E-state index contributed by atoms with van der Waals surface area (Å²) in [6.07, 6.45) is 3.61. The third kappa shape index (κ3) is 2.87. The fourth-order valence-corrected chi connectivity index (χ4v) is 5.44. The lowest BCUT2D eigenvalue weighted by molar-refractivity contribution is 0.247. The number of sulfonamides is 1. The molecular weight excluding hydrogens is 318 g/mol. The van der Waals surface area contributed by atoms with Crippen LogP contribution in [0.5, 0.6) is 0 Å². The van der Waals surface area contributed by atoms with Crippen LogP contribution in [0.3, 0.4) is 0 Å². The van der Waals surface area contributed by atoms with Crippen LogP contribution < -0.4 is 0 Å². The molecule has 2 aromatic carbocycles. The van der Waals surface area contributed by atoms with E-state index in [0.29, 0.717) is 23.7 Å². The average molecular weight is 338 g/mol. The highest BCUT2D eigenvalue weighted by Crippen LogP contribution is 2.31. The first-order valence-electron chi connectivity index (χ1n) is 7.70. The Hall–Kier alpha value is -1.10. The predicted molar refractivity (Wildman–Crippen MR) is 90.8 cm³/mol. The van der Waals surface area contributed by atoms with E-state index in [1.165, 1.54) is 0 Å². The van der Waals surface area contributed by atoms with Gasteiger partial charge in [-0.25, -0.2) is 8.42 Å². The maximum atomic E-state index is 13.2. The summed E-state index contributed by atoms with van der Waals surface area (Å²) in [6.45, 7) is 0.590. The summed E-state index contributed by atoms with van der Waals surface area (Å²) in [4.78, 5) is 0.409. The van der Waals surface area contributed by atoms with Gasteiger partial charge in [0.1, 0.15) is 0 Å². The van der Waals surface area contributed by atoms with Crippen LogP contribution in [0.4, 0.5) is 0 Å². The Morgan fingerprint density at radius 3 is 2.68 bits per heavy atom. The zero-order valence-electron chi connectivity index (χ0n) is 12.4. The van der Waals surface area contributed by atoms with E-state index >= 15 is 0 Å². The number of halogens is 1. The number of hydrogen-bond donors (Lipinski definition) is 0. The smallest absolute Gasteiger partial charge is 0.207 e. The van der Waals surface area contributed by atoms with Crippen molar-refractivity contribution in [1.82, 2.24) is 4.31 Å². The van der Waals surface area contributed by atoms with Gasteiger partial charge in [-0.05, 0) is 30.7 Å². The molecule has 0 bridgehead atoms. The zero-order valence-corrected chi connectivity index (χ0v) is 14.0. The first-order chi connectivity index (χ1) is 10.6. The number of nitrogens with zero attached hydrogens (tertiary/aromatic N) is 1. The van der Waals surface area contributed by atoms with Crippen LogP contribution in [0.25, 0.3) is 10.8 Å². The molecule has 5 heteroatoms. The Labute approximate surface area is 136 Å². The van der Waals surface area contributed by atoms with Crippen molar-refractivity contribution in [1.29, 1.82) is 0 Å². The van der Waals surface area contributed by atoms with Gasteiger partial charge in [0.15, 0.2) is 0 Å². The molecule has 0 saturated carbocycles. The minimum absolute atomic E-state index is 0.0234. The van der Waals surface area contributed by atoms with Crippen molar-refractivity contribution in [3.05, 3.63) is 42.5 Å². The lowest BCUT2D eigenvalue weighted by Gasteiger charge is -2.34. The SMILES string of the molecule is O=S(=O)(c1cccc2ccccc12)N1CCCC[C@H]1CCCl. The van der Waals surface area contributed by atoms with Crippen LogP contribution in [0.1, 0.15) is 25.7 Å². The van der Waals surface area contributed by atoms with Crippen LogP contribution >= 0.6 is 11.6 Å². The maximum Gasteiger partial charge on any atom is 0.243 e. The van der Waals surface area contributed by atoms with E-state index in [1.54, 1.807) is 10.4 Å². The first-order valence-corrected chi connectivity index (χ1v) is 9.67. The van der Waals surface area contributed by atoms with Crippen LogP contribution in [0.2, 0.25) is 0 Å². The molecule has 3 nitrogen and oxygen atoms in total. The Kier molecular flexibility index (Phi) is 4.71. The van der Waals surface area contributed by atoms with Gasteiger partial charge in [0.05, 0.1) is 4.90 Å². The Morgan fingerprint density at radius 1 is 1.09 bits per heavy atom. The number of rotatable bonds is 4. The molecule has 1 aliphatic heterocycles. The van der Waals surface area contributed by atoms with Crippen LogP contribution in [-0.2, 0) is 10.0 Å². The van der Waals surface area contributed by atoms with Gasteiger partial charge >= 0.3 is 0 Å². The van der Waals surface area contributed by atoms with Gasteiger partial charge in [-0.3, -0.25) is 0 Å². The predicted octanol–water partition coefficient (Wildman–Crippen LogP) is 4.01. The molecule has 0 spiro atoms. The van der Waals surface area contributed by atoms with Crippen molar-refractivity contribution in [2.24, 2.45) is 0 Å². The quantitative estimate of drug-likeness (QED) is 0.790. The standard InChI is InChI=1S/C17H20ClNO2S/c18-12-11-15-8-3-4-13-19(15)22(20,21)17-10-5-7-14-6-1-2-9-16(14)17/h1-2,5-7,9-10,15H,3-4,8,11-13H2/t15-/m0/s1. The number of hydrogen-bond acceptors (Lipinski definition) is 2. The molecule has 0 aromatic heterocycles. The molecule has 0 amide bonds. The van der Waals surface area contributed by atoms with E-state index in [-0.39, 0.29) is 6.04 Å². The van der Waals surface area contributed by atoms with Crippen LogP contribution in [0.15, 0.2) is 47.4 Å². The second-order valence-corrected chi connectivity index (χ2v) is 7.96. The third-order valence-electron chi connectivity index (χ3n) is 4.35. The van der Waals surface area contributed by atoms with Gasteiger partial charge in [0, 0.05) is 23.9 Å². The van der Waals surface area contributed by atoms with Crippen LogP contribution in [-0.4, -0.2) is 31.2 Å². The Morgan fingerprint density at radius 2 is 1.86 bits per heavy atom. The number of piperidine rings is 1. The largest absolute Gasteiger partial charge is 0.243 e. The number of alkyl halides is 1. The molecule has 1 saturated heterocycles. The molecule has 1 atom stereocenters. The molecule has 1 heterocycles. The van der Waals surface area contributed by atoms with Gasteiger partial charge in [-0.15, -0.1) is 11.6 Å². The highest BCUT2D eigenvalue weighted by Gasteiger charge is 2.33. The van der Waals surface area contributed by atoms with E-state index in [0.717, 1.165) is 30.0 Å². The Balaban J connectivity index is 2.07. The molecule has 1 aliphatic rings. The summed E-state index contributed by atoms with van der Waals surface area (Å²) in [5.41, 5.74) is 0. The molecule has 1 fully saturated rings. The van der Waals surface area contributed by atoms with Gasteiger partial charge in [0.25, 0.3) is 0 Å². The monoisotopic (exact) mass is 337 g/mol. The number of fused-ring (bicyclic) bond motifs is 1. The zero-order chi connectivity index (χ0) is 15.6. The van der Waals surface area contributed by atoms with E-state index in [2.05, 4.69) is 0 Å². The molecule has 3 rings (SSSR count). The van der Waals surface area contributed by atoms with Crippen LogP contribution in [0, 0.1) is 0 Å². The molecule has 0 aliphatic carbocycles. The third-order valence-corrected chi connectivity index (χ3v) is 6.58. The van der Waals surface area contributed by atoms with Crippen molar-refractivity contribution in [3.63, 3.8) is 0 Å². The van der Waals surface area contributed by atoms with E-state index in [4.69, 9.17) is 11.6 Å². The van der Waals surface area contributed by atoms with E-state index < -0.39 is 10.0 Å². The van der Waals surface area contributed by atoms with E-state index in [1.807, 2.05) is 36.4 Å². The van der Waals surface area contributed by atoms with Crippen molar-refractivity contribution >= 4 is 32.4 Å². The molecule has 118 valence electrons. The minimum Gasteiger partial charge on any atom is -0.207 e. The lowest BCUT2D eigenvalue weighted by atomic mass is 10.0. The second-order valence-electron chi connectivity index (χ2n) is 5.72. The Bertz CT molecular complexity index is 753. The summed E-state index contributed by atoms with van der Waals surface area (Å²) >= 11 is 5.87. The normalized spacial score (nSPS) is 20.3. The number of benzene rings is 2. The fraction of sp³-hybridized carbons (Fsp3) is 0.412. The fourth-order valence-electron chi connectivity index (χ4n) is 3.25. The highest BCUT2D eigenvalue weighted by atomic mass is 35.5. The van der Waals surface area contributed by atoms with Crippen molar-refractivity contribution < 1.29 is 8.42 Å². The van der Waals surface area contributed by atoms with Crippen molar-refractivity contribution in [3.8, 4) is 0 Å². The van der Waals surface area contributed by atoms with E-state index in [9.17, 15) is 8.42 Å². The molecule has 0 radical (unpaired) electrons. The average Bonchev–Trinajstić information content (AvgIpc) is 2.55. The summed E-state index contributed by atoms with van der Waals surface area (Å²) in [5, 5.41) is 1.75. The maximum absolute atomic E-state index is 13.2. The van der Waals surface area contributed by atoms with Gasteiger partial charge in [-0.1, -0.05) is 42.8 Å². The molecule has 0 unspecified atom stereocenters. The molecule has 0 N–H and O–H groups in total. The molecule has 2 aromatic rings.